The van der Waals surface area contributed by atoms with Crippen LogP contribution in [-0.2, 0) is 6.54 Å². The molecule has 0 spiro atoms. The predicted octanol–water partition coefficient (Wildman–Crippen LogP) is 2.52. The molecule has 0 radical (unpaired) electrons. The summed E-state index contributed by atoms with van der Waals surface area (Å²) in [5, 5.41) is 16.1. The Morgan fingerprint density at radius 2 is 1.76 bits per heavy atom. The second-order valence-corrected chi connectivity index (χ2v) is 6.21. The summed E-state index contributed by atoms with van der Waals surface area (Å²) < 4.78 is 3.50. The van der Waals surface area contributed by atoms with E-state index in [2.05, 4.69) is 0 Å². The van der Waals surface area contributed by atoms with Crippen molar-refractivity contribution in [1.82, 2.24) is 14.0 Å². The lowest BCUT2D eigenvalue weighted by molar-refractivity contribution is 0.0818. The number of carbonyl (C=O) groups excluding carboxylic acids is 1. The van der Waals surface area contributed by atoms with E-state index in [0.717, 1.165) is 11.1 Å². The van der Waals surface area contributed by atoms with E-state index >= 15 is 0 Å². The van der Waals surface area contributed by atoms with Crippen molar-refractivity contribution in [2.24, 2.45) is 0 Å². The monoisotopic (exact) mass is 335 g/mol. The Balaban J connectivity index is 2.30. The van der Waals surface area contributed by atoms with Gasteiger partial charge in [0.1, 0.15) is 17.0 Å². The highest BCUT2D eigenvalue weighted by Crippen LogP contribution is 2.21. The summed E-state index contributed by atoms with van der Waals surface area (Å²) in [5.74, 6) is 0.143. The minimum absolute atomic E-state index is 0.104. The zero-order chi connectivity index (χ0) is 18.1. The molecule has 3 aromatic rings. The first-order valence-corrected chi connectivity index (χ1v) is 8.01. The van der Waals surface area contributed by atoms with E-state index in [1.807, 2.05) is 41.0 Å². The topological polar surface area (TPSA) is 77.9 Å². The van der Waals surface area contributed by atoms with Gasteiger partial charge in [-0.2, -0.15) is 0 Å². The van der Waals surface area contributed by atoms with Crippen LogP contribution in [0.1, 0.15) is 23.0 Å². The number of fused-ring (bicyclic) bond motifs is 1. The lowest BCUT2D eigenvalue weighted by atomic mass is 10.2. The molecule has 6 heteroatoms. The summed E-state index contributed by atoms with van der Waals surface area (Å²) in [6.07, 6.45) is 0. The van der Waals surface area contributed by atoms with Crippen molar-refractivity contribution in [2.75, 3.05) is 14.1 Å². The molecular weight excluding hydrogens is 314 g/mol. The van der Waals surface area contributed by atoms with Crippen LogP contribution < -0.4 is 5.49 Å². The molecule has 3 rings (SSSR count). The molecule has 0 aliphatic rings. The van der Waals surface area contributed by atoms with Gasteiger partial charge < -0.3 is 9.47 Å². The van der Waals surface area contributed by atoms with Crippen LogP contribution in [0.15, 0.2) is 48.5 Å². The molecule has 0 atom stereocenters. The highest BCUT2D eigenvalue weighted by atomic mass is 16.2. The van der Waals surface area contributed by atoms with Gasteiger partial charge in [-0.1, -0.05) is 30.3 Å². The number of nitrogens with one attached hydrogen (secondary N) is 2. The molecule has 0 saturated carbocycles. The maximum atomic E-state index is 12.7. The molecule has 25 heavy (non-hydrogen) atoms. The average Bonchev–Trinajstić information content (AvgIpc) is 2.92. The number of carbonyl (C=O) groups is 1. The standard InChI is InChI=1S/C19H21N5O/c1-13(20)24-16-11-17(19(25)22(2)3)23(15(16)9-10-18(24)21)12-14-7-5-4-6-8-14/h4-11,20-21H,12H2,1-3H3. The van der Waals surface area contributed by atoms with Gasteiger partial charge in [-0.25, -0.2) is 0 Å². The third-order valence-corrected chi connectivity index (χ3v) is 4.14. The second-order valence-electron chi connectivity index (χ2n) is 6.21. The summed E-state index contributed by atoms with van der Waals surface area (Å²) in [7, 11) is 3.44. The first-order chi connectivity index (χ1) is 11.9. The third kappa shape index (κ3) is 2.98. The highest BCUT2D eigenvalue weighted by Gasteiger charge is 2.19. The molecule has 0 aliphatic heterocycles. The molecule has 2 heterocycles. The second kappa shape index (κ2) is 6.39. The number of hydrogen-bond acceptors (Lipinski definition) is 3. The van der Waals surface area contributed by atoms with E-state index < -0.39 is 0 Å². The first kappa shape index (κ1) is 16.7. The van der Waals surface area contributed by atoms with Crippen molar-refractivity contribution in [3.05, 3.63) is 65.3 Å². The van der Waals surface area contributed by atoms with Crippen LogP contribution in [0.25, 0.3) is 11.0 Å². The fourth-order valence-electron chi connectivity index (χ4n) is 2.97. The van der Waals surface area contributed by atoms with Crippen LogP contribution in [0.4, 0.5) is 0 Å². The maximum absolute atomic E-state index is 12.7. The molecule has 0 bridgehead atoms. The molecule has 2 aromatic heterocycles. The zero-order valence-electron chi connectivity index (χ0n) is 14.6. The van der Waals surface area contributed by atoms with Gasteiger partial charge >= 0.3 is 0 Å². The molecule has 1 amide bonds. The lowest BCUT2D eigenvalue weighted by Crippen LogP contribution is -2.24. The quantitative estimate of drug-likeness (QED) is 0.560. The molecule has 0 fully saturated rings. The summed E-state index contributed by atoms with van der Waals surface area (Å²) in [6.45, 7) is 2.19. The van der Waals surface area contributed by atoms with Crippen LogP contribution in [-0.4, -0.2) is 39.9 Å². The Morgan fingerprint density at radius 1 is 1.08 bits per heavy atom. The molecule has 0 aliphatic carbocycles. The van der Waals surface area contributed by atoms with Gasteiger partial charge in [-0.05, 0) is 30.7 Å². The van der Waals surface area contributed by atoms with E-state index in [9.17, 15) is 4.79 Å². The number of rotatable bonds is 3. The number of aromatic nitrogens is 2. The van der Waals surface area contributed by atoms with E-state index in [4.69, 9.17) is 10.8 Å². The third-order valence-electron chi connectivity index (χ3n) is 4.14. The number of nitrogens with zero attached hydrogens (tertiary/aromatic N) is 3. The Labute approximate surface area is 146 Å². The van der Waals surface area contributed by atoms with Crippen LogP contribution in [0, 0.1) is 10.8 Å². The minimum atomic E-state index is -0.104. The van der Waals surface area contributed by atoms with Crippen LogP contribution in [0.3, 0.4) is 0 Å². The molecule has 2 N–H and O–H groups in total. The lowest BCUT2D eigenvalue weighted by Gasteiger charge is -2.14. The zero-order valence-corrected chi connectivity index (χ0v) is 14.6. The van der Waals surface area contributed by atoms with Crippen LogP contribution >= 0.6 is 0 Å². The normalized spacial score (nSPS) is 10.8. The Kier molecular flexibility index (Phi) is 4.27. The average molecular weight is 335 g/mol. The van der Waals surface area contributed by atoms with Crippen molar-refractivity contribution in [3.63, 3.8) is 0 Å². The Hall–Kier alpha value is -3.15. The Morgan fingerprint density at radius 3 is 2.36 bits per heavy atom. The molecule has 6 nitrogen and oxygen atoms in total. The van der Waals surface area contributed by atoms with E-state index in [0.29, 0.717) is 17.8 Å². The highest BCUT2D eigenvalue weighted by molar-refractivity contribution is 6.00. The van der Waals surface area contributed by atoms with Crippen molar-refractivity contribution in [2.45, 2.75) is 13.5 Å². The van der Waals surface area contributed by atoms with Crippen LogP contribution in [0.5, 0.6) is 0 Å². The van der Waals surface area contributed by atoms with E-state index in [1.54, 1.807) is 42.6 Å². The van der Waals surface area contributed by atoms with Crippen molar-refractivity contribution in [1.29, 1.82) is 10.8 Å². The SMILES string of the molecule is CC(=N)n1c(=N)ccc2c1cc(C(=O)N(C)C)n2Cc1ccccc1. The van der Waals surface area contributed by atoms with E-state index in [-0.39, 0.29) is 17.2 Å². The van der Waals surface area contributed by atoms with Gasteiger partial charge in [0, 0.05) is 20.6 Å². The molecule has 128 valence electrons. The molecule has 1 aromatic carbocycles. The van der Waals surface area contributed by atoms with E-state index in [1.165, 1.54) is 0 Å². The summed E-state index contributed by atoms with van der Waals surface area (Å²) in [6, 6.07) is 15.2. The largest absolute Gasteiger partial charge is 0.343 e. The van der Waals surface area contributed by atoms with Crippen LogP contribution in [0.2, 0.25) is 0 Å². The van der Waals surface area contributed by atoms with Crippen molar-refractivity contribution in [3.8, 4) is 0 Å². The van der Waals surface area contributed by atoms with Gasteiger partial charge in [-0.3, -0.25) is 20.2 Å². The van der Waals surface area contributed by atoms with Crippen molar-refractivity contribution < 1.29 is 4.79 Å². The minimum Gasteiger partial charge on any atom is -0.343 e. The summed E-state index contributed by atoms with van der Waals surface area (Å²) in [4.78, 5) is 14.2. The number of pyridine rings is 1. The van der Waals surface area contributed by atoms with Crippen molar-refractivity contribution >= 4 is 22.8 Å². The maximum Gasteiger partial charge on any atom is 0.270 e. The molecular formula is C19H21N5O. The fraction of sp³-hybridized carbons (Fsp3) is 0.211. The smallest absolute Gasteiger partial charge is 0.270 e. The van der Waals surface area contributed by atoms with Gasteiger partial charge in [0.25, 0.3) is 5.91 Å². The predicted molar refractivity (Wildman–Crippen MR) is 98.1 cm³/mol. The summed E-state index contributed by atoms with van der Waals surface area (Å²) in [5.41, 5.74) is 3.38. The number of benzene rings is 1. The van der Waals surface area contributed by atoms with Gasteiger partial charge in [-0.15, -0.1) is 0 Å². The Bertz CT molecular complexity index is 1010. The van der Waals surface area contributed by atoms with Gasteiger partial charge in [0.05, 0.1) is 11.0 Å². The first-order valence-electron chi connectivity index (χ1n) is 8.01. The number of hydrogen-bond donors (Lipinski definition) is 2. The van der Waals surface area contributed by atoms with Gasteiger partial charge in [0.15, 0.2) is 0 Å². The molecule has 0 saturated heterocycles. The number of amides is 1. The summed E-state index contributed by atoms with van der Waals surface area (Å²) >= 11 is 0. The molecule has 0 unspecified atom stereocenters. The fourth-order valence-corrected chi connectivity index (χ4v) is 2.97. The van der Waals surface area contributed by atoms with Gasteiger partial charge in [0.2, 0.25) is 0 Å².